The lowest BCUT2D eigenvalue weighted by Crippen LogP contribution is -2.45. The third-order valence-electron chi connectivity index (χ3n) is 5.53. The van der Waals surface area contributed by atoms with Crippen LogP contribution in [0.25, 0.3) is 0 Å². The van der Waals surface area contributed by atoms with Gasteiger partial charge in [-0.05, 0) is 60.2 Å². The van der Waals surface area contributed by atoms with Gasteiger partial charge in [-0.2, -0.15) is 5.10 Å². The van der Waals surface area contributed by atoms with Gasteiger partial charge in [0.25, 0.3) is 6.23 Å². The second-order valence-electron chi connectivity index (χ2n) is 7.40. The highest BCUT2D eigenvalue weighted by Gasteiger charge is 2.43. The highest BCUT2D eigenvalue weighted by Crippen LogP contribution is 2.44. The Bertz CT molecular complexity index is 1180. The van der Waals surface area contributed by atoms with Gasteiger partial charge in [-0.15, -0.1) is 0 Å². The van der Waals surface area contributed by atoms with E-state index < -0.39 is 6.23 Å². The van der Waals surface area contributed by atoms with Gasteiger partial charge < -0.3 is 9.47 Å². The number of benzene rings is 3. The summed E-state index contributed by atoms with van der Waals surface area (Å²) < 4.78 is 12.3. The molecule has 0 aliphatic carbocycles. The third-order valence-corrected chi connectivity index (χ3v) is 6.29. The van der Waals surface area contributed by atoms with Gasteiger partial charge in [0.15, 0.2) is 0 Å². The van der Waals surface area contributed by atoms with E-state index in [4.69, 9.17) is 26.2 Å². The minimum atomic E-state index is -0.851. The van der Waals surface area contributed by atoms with Gasteiger partial charge >= 0.3 is 0 Å². The largest absolute Gasteiger partial charge is 0.497 e. The van der Waals surface area contributed by atoms with Crippen LogP contribution >= 0.6 is 27.5 Å². The highest BCUT2D eigenvalue weighted by molar-refractivity contribution is 9.10. The molecule has 0 amide bonds. The van der Waals surface area contributed by atoms with Crippen molar-refractivity contribution < 1.29 is 14.3 Å². The lowest BCUT2D eigenvalue weighted by atomic mass is 9.95. The Labute approximate surface area is 193 Å². The van der Waals surface area contributed by atoms with Gasteiger partial charge in [-0.3, -0.25) is 4.79 Å². The van der Waals surface area contributed by atoms with E-state index in [0.717, 1.165) is 27.1 Å². The molecule has 3 aromatic carbocycles. The average Bonchev–Trinajstić information content (AvgIpc) is 3.24. The number of ether oxygens (including phenoxy) is 2. The van der Waals surface area contributed by atoms with E-state index in [-0.39, 0.29) is 11.8 Å². The first-order chi connectivity index (χ1) is 15.0. The number of carbonyl (C=O) groups is 1. The van der Waals surface area contributed by atoms with Gasteiger partial charge in [0, 0.05) is 27.0 Å². The zero-order valence-corrected chi connectivity index (χ0v) is 18.9. The van der Waals surface area contributed by atoms with E-state index in [1.165, 1.54) is 0 Å². The standard InChI is InChI=1S/C24H18BrClN2O3/c1-30-18-9-4-14(5-10-18)20-13-21-19-12-17(26)8-11-22(19)31-24(28(21)27-20)23(29)15-2-6-16(25)7-3-15/h2-12,21,24H,13H2,1H3/t21-,24+/m0/s1. The Morgan fingerprint density at radius 3 is 2.58 bits per heavy atom. The lowest BCUT2D eigenvalue weighted by Gasteiger charge is -2.37. The molecule has 2 heterocycles. The van der Waals surface area contributed by atoms with Crippen LogP contribution in [0.1, 0.15) is 33.9 Å². The Kier molecular flexibility index (Phi) is 5.20. The quantitative estimate of drug-likeness (QED) is 0.424. The van der Waals surface area contributed by atoms with Gasteiger partial charge in [0.2, 0.25) is 5.78 Å². The number of hydrogen-bond donors (Lipinski definition) is 0. The first kappa shape index (κ1) is 20.1. The van der Waals surface area contributed by atoms with E-state index in [1.807, 2.05) is 48.5 Å². The number of halogens is 2. The Morgan fingerprint density at radius 1 is 1.13 bits per heavy atom. The van der Waals surface area contributed by atoms with Crippen LogP contribution in [0.15, 0.2) is 76.3 Å². The molecule has 3 aromatic rings. The fourth-order valence-corrected chi connectivity index (χ4v) is 4.39. The molecule has 31 heavy (non-hydrogen) atoms. The zero-order valence-electron chi connectivity index (χ0n) is 16.6. The first-order valence-corrected chi connectivity index (χ1v) is 11.0. The molecule has 0 aromatic heterocycles. The molecule has 0 saturated heterocycles. The van der Waals surface area contributed by atoms with Crippen molar-refractivity contribution in [3.63, 3.8) is 0 Å². The predicted molar refractivity (Wildman–Crippen MR) is 123 cm³/mol. The molecule has 5 nitrogen and oxygen atoms in total. The van der Waals surface area contributed by atoms with Gasteiger partial charge in [-0.25, -0.2) is 5.01 Å². The highest BCUT2D eigenvalue weighted by atomic mass is 79.9. The molecule has 0 spiro atoms. The molecular weight excluding hydrogens is 480 g/mol. The van der Waals surface area contributed by atoms with Crippen LogP contribution in [0.4, 0.5) is 0 Å². The Balaban J connectivity index is 1.55. The van der Waals surface area contributed by atoms with Crippen LogP contribution in [-0.4, -0.2) is 29.8 Å². The Hall–Kier alpha value is -2.83. The van der Waals surface area contributed by atoms with Crippen LogP contribution in [0, 0.1) is 0 Å². The number of Topliss-reactive ketones (excluding diaryl/α,β-unsaturated/α-hetero) is 1. The molecular formula is C24H18BrClN2O3. The van der Waals surface area contributed by atoms with Crippen LogP contribution in [0.3, 0.4) is 0 Å². The topological polar surface area (TPSA) is 51.1 Å². The summed E-state index contributed by atoms with van der Waals surface area (Å²) in [6.07, 6.45) is -0.205. The fraction of sp³-hybridized carbons (Fsp3) is 0.167. The number of carbonyl (C=O) groups excluding carboxylic acids is 1. The minimum absolute atomic E-state index is 0.135. The van der Waals surface area contributed by atoms with Crippen molar-refractivity contribution in [3.05, 3.63) is 92.9 Å². The van der Waals surface area contributed by atoms with Crippen LogP contribution in [0.5, 0.6) is 11.5 Å². The average molecular weight is 498 g/mol. The molecule has 2 aliphatic rings. The van der Waals surface area contributed by atoms with Crippen LogP contribution in [-0.2, 0) is 0 Å². The number of methoxy groups -OCH3 is 1. The van der Waals surface area contributed by atoms with E-state index in [9.17, 15) is 4.79 Å². The summed E-state index contributed by atoms with van der Waals surface area (Å²) in [5.41, 5.74) is 3.36. The first-order valence-electron chi connectivity index (χ1n) is 9.79. The molecule has 0 saturated carbocycles. The number of hydrazone groups is 1. The summed E-state index contributed by atoms with van der Waals surface area (Å²) in [5, 5.41) is 7.21. The van der Waals surface area contributed by atoms with Crippen molar-refractivity contribution in [1.29, 1.82) is 0 Å². The van der Waals surface area contributed by atoms with Crippen molar-refractivity contribution in [2.24, 2.45) is 5.10 Å². The second kappa shape index (κ2) is 8.02. The van der Waals surface area contributed by atoms with E-state index in [1.54, 1.807) is 30.3 Å². The summed E-state index contributed by atoms with van der Waals surface area (Å²) in [6.45, 7) is 0. The SMILES string of the molecule is COc1ccc(C2=NN3[C@@H](C(=O)c4ccc(Br)cc4)Oc4ccc(Cl)cc4[C@@H]3C2)cc1. The van der Waals surface area contributed by atoms with Gasteiger partial charge in [0.1, 0.15) is 11.5 Å². The smallest absolute Gasteiger partial charge is 0.251 e. The second-order valence-corrected chi connectivity index (χ2v) is 8.75. The summed E-state index contributed by atoms with van der Waals surface area (Å²) >= 11 is 9.68. The molecule has 0 fully saturated rings. The summed E-state index contributed by atoms with van der Waals surface area (Å²) in [6, 6.07) is 20.4. The molecule has 7 heteroatoms. The maximum absolute atomic E-state index is 13.4. The monoisotopic (exact) mass is 496 g/mol. The molecule has 0 bridgehead atoms. The lowest BCUT2D eigenvalue weighted by molar-refractivity contribution is -0.00455. The van der Waals surface area contributed by atoms with Crippen molar-refractivity contribution >= 4 is 39.0 Å². The van der Waals surface area contributed by atoms with E-state index >= 15 is 0 Å². The zero-order chi connectivity index (χ0) is 21.5. The number of ketones is 1. The fourth-order valence-electron chi connectivity index (χ4n) is 3.95. The number of hydrogen-bond acceptors (Lipinski definition) is 5. The summed E-state index contributed by atoms with van der Waals surface area (Å²) in [4.78, 5) is 13.4. The van der Waals surface area contributed by atoms with Crippen LogP contribution in [0.2, 0.25) is 5.02 Å². The molecule has 0 N–H and O–H groups in total. The molecule has 2 aliphatic heterocycles. The molecule has 156 valence electrons. The van der Waals surface area contributed by atoms with Crippen molar-refractivity contribution in [2.75, 3.05) is 7.11 Å². The number of nitrogens with zero attached hydrogens (tertiary/aromatic N) is 2. The Morgan fingerprint density at radius 2 is 1.87 bits per heavy atom. The van der Waals surface area contributed by atoms with Crippen molar-refractivity contribution in [2.45, 2.75) is 18.7 Å². The summed E-state index contributed by atoms with van der Waals surface area (Å²) in [5.74, 6) is 1.30. The predicted octanol–water partition coefficient (Wildman–Crippen LogP) is 5.86. The minimum Gasteiger partial charge on any atom is -0.497 e. The summed E-state index contributed by atoms with van der Waals surface area (Å²) in [7, 11) is 1.64. The normalized spacial score (nSPS) is 19.2. The molecule has 0 radical (unpaired) electrons. The molecule has 5 rings (SSSR count). The number of fused-ring (bicyclic) bond motifs is 3. The van der Waals surface area contributed by atoms with Crippen molar-refractivity contribution in [1.82, 2.24) is 5.01 Å². The molecule has 0 unspecified atom stereocenters. The number of rotatable bonds is 4. The van der Waals surface area contributed by atoms with Crippen LogP contribution < -0.4 is 9.47 Å². The van der Waals surface area contributed by atoms with E-state index in [2.05, 4.69) is 15.9 Å². The van der Waals surface area contributed by atoms with E-state index in [0.29, 0.717) is 22.8 Å². The van der Waals surface area contributed by atoms with Crippen molar-refractivity contribution in [3.8, 4) is 11.5 Å². The third kappa shape index (κ3) is 3.70. The maximum Gasteiger partial charge on any atom is 0.251 e. The van der Waals surface area contributed by atoms with Gasteiger partial charge in [0.05, 0.1) is 18.9 Å². The molecule has 2 atom stereocenters. The maximum atomic E-state index is 13.4. The van der Waals surface area contributed by atoms with Gasteiger partial charge in [-0.1, -0.05) is 39.7 Å².